The fraction of sp³-hybridized carbons (Fsp3) is 0.933. The number of hydrogen-bond acceptors (Lipinski definition) is 4. The molecule has 0 aromatic rings. The van der Waals surface area contributed by atoms with Crippen LogP contribution in [-0.2, 0) is 14.3 Å². The molecule has 0 aliphatic rings. The highest BCUT2D eigenvalue weighted by Crippen LogP contribution is 2.15. The van der Waals surface area contributed by atoms with Crippen LogP contribution in [0.4, 0.5) is 0 Å². The van der Waals surface area contributed by atoms with Crippen molar-refractivity contribution >= 4 is 5.91 Å². The van der Waals surface area contributed by atoms with Crippen molar-refractivity contribution in [3.8, 4) is 0 Å². The second kappa shape index (κ2) is 8.60. The molecule has 1 amide bonds. The normalized spacial score (nSPS) is 16.7. The predicted molar refractivity (Wildman–Crippen MR) is 81.6 cm³/mol. The number of primary amides is 1. The first-order chi connectivity index (χ1) is 9.10. The van der Waals surface area contributed by atoms with E-state index in [1.165, 1.54) is 0 Å². The minimum atomic E-state index is -0.722. The molecule has 0 rings (SSSR count). The van der Waals surface area contributed by atoms with Crippen molar-refractivity contribution in [3.05, 3.63) is 0 Å². The molecule has 20 heavy (non-hydrogen) atoms. The van der Waals surface area contributed by atoms with Crippen LogP contribution in [0.15, 0.2) is 0 Å². The summed E-state index contributed by atoms with van der Waals surface area (Å²) in [5.41, 5.74) is 4.61. The van der Waals surface area contributed by atoms with Gasteiger partial charge in [-0.05, 0) is 47.6 Å². The molecule has 0 aliphatic heterocycles. The summed E-state index contributed by atoms with van der Waals surface area (Å²) in [5.74, 6) is -0.340. The molecule has 2 unspecified atom stereocenters. The van der Waals surface area contributed by atoms with E-state index < -0.39 is 5.54 Å². The lowest BCUT2D eigenvalue weighted by atomic mass is 9.93. The van der Waals surface area contributed by atoms with Gasteiger partial charge in [0.15, 0.2) is 0 Å². The van der Waals surface area contributed by atoms with Gasteiger partial charge in [0, 0.05) is 6.42 Å². The third-order valence-electron chi connectivity index (χ3n) is 3.03. The van der Waals surface area contributed by atoms with Gasteiger partial charge in [-0.1, -0.05) is 6.92 Å². The highest BCUT2D eigenvalue weighted by molar-refractivity contribution is 5.84. The number of amides is 1. The van der Waals surface area contributed by atoms with E-state index >= 15 is 0 Å². The molecule has 3 N–H and O–H groups in total. The standard InChI is InChI=1S/C15H32N2O3/c1-7-8-17-15(6,13(16)18)11-12(2)19-9-10-20-14(3,4)5/h12,17H,7-11H2,1-6H3,(H2,16,18). The van der Waals surface area contributed by atoms with Gasteiger partial charge in [-0.2, -0.15) is 0 Å². The third-order valence-corrected chi connectivity index (χ3v) is 3.03. The van der Waals surface area contributed by atoms with Crippen LogP contribution in [0.3, 0.4) is 0 Å². The SMILES string of the molecule is CCCNC(C)(CC(C)OCCOC(C)(C)C)C(N)=O. The van der Waals surface area contributed by atoms with E-state index in [1.807, 2.05) is 34.6 Å². The number of rotatable bonds is 10. The molecule has 0 spiro atoms. The number of ether oxygens (including phenoxy) is 2. The smallest absolute Gasteiger partial charge is 0.237 e. The maximum atomic E-state index is 11.6. The lowest BCUT2D eigenvalue weighted by molar-refractivity contribution is -0.125. The first kappa shape index (κ1) is 19.4. The van der Waals surface area contributed by atoms with Crippen LogP contribution in [0.1, 0.15) is 54.4 Å². The minimum Gasteiger partial charge on any atom is -0.376 e. The maximum absolute atomic E-state index is 11.6. The molecular weight excluding hydrogens is 256 g/mol. The van der Waals surface area contributed by atoms with Crippen molar-refractivity contribution in [1.29, 1.82) is 0 Å². The molecule has 0 aromatic heterocycles. The summed E-state index contributed by atoms with van der Waals surface area (Å²) < 4.78 is 11.3. The molecule has 0 heterocycles. The van der Waals surface area contributed by atoms with Crippen LogP contribution in [0, 0.1) is 0 Å². The molecule has 0 saturated carbocycles. The van der Waals surface area contributed by atoms with Gasteiger partial charge in [0.25, 0.3) is 0 Å². The summed E-state index contributed by atoms with van der Waals surface area (Å²) >= 11 is 0. The zero-order valence-electron chi connectivity index (χ0n) is 13.9. The summed E-state index contributed by atoms with van der Waals surface area (Å²) in [5, 5.41) is 3.21. The average molecular weight is 288 g/mol. The Balaban J connectivity index is 4.14. The van der Waals surface area contributed by atoms with E-state index in [-0.39, 0.29) is 17.6 Å². The Morgan fingerprint density at radius 1 is 1.25 bits per heavy atom. The number of hydrogen-bond donors (Lipinski definition) is 2. The Hall–Kier alpha value is -0.650. The zero-order valence-corrected chi connectivity index (χ0v) is 13.9. The quantitative estimate of drug-likeness (QED) is 0.602. The Kier molecular flexibility index (Phi) is 8.32. The molecule has 2 atom stereocenters. The van der Waals surface area contributed by atoms with Gasteiger partial charge in [-0.15, -0.1) is 0 Å². The molecule has 0 fully saturated rings. The van der Waals surface area contributed by atoms with E-state index in [1.54, 1.807) is 0 Å². The van der Waals surface area contributed by atoms with E-state index in [0.717, 1.165) is 13.0 Å². The topological polar surface area (TPSA) is 73.6 Å². The number of carbonyl (C=O) groups excluding carboxylic acids is 1. The molecule has 5 nitrogen and oxygen atoms in total. The number of nitrogens with two attached hydrogens (primary N) is 1. The summed E-state index contributed by atoms with van der Waals surface area (Å²) in [7, 11) is 0. The van der Waals surface area contributed by atoms with Crippen LogP contribution in [0.2, 0.25) is 0 Å². The Morgan fingerprint density at radius 3 is 2.30 bits per heavy atom. The molecule has 0 radical (unpaired) electrons. The molecule has 0 aromatic carbocycles. The Labute approximate surface area is 123 Å². The van der Waals surface area contributed by atoms with Crippen LogP contribution >= 0.6 is 0 Å². The molecule has 0 bridgehead atoms. The largest absolute Gasteiger partial charge is 0.376 e. The molecule has 0 saturated heterocycles. The lowest BCUT2D eigenvalue weighted by Gasteiger charge is -2.30. The Bertz CT molecular complexity index is 289. The van der Waals surface area contributed by atoms with E-state index in [2.05, 4.69) is 12.2 Å². The van der Waals surface area contributed by atoms with E-state index in [0.29, 0.717) is 19.6 Å². The zero-order chi connectivity index (χ0) is 15.8. The van der Waals surface area contributed by atoms with Crippen molar-refractivity contribution in [2.24, 2.45) is 5.73 Å². The number of nitrogens with one attached hydrogen (secondary N) is 1. The lowest BCUT2D eigenvalue weighted by Crippen LogP contribution is -2.55. The van der Waals surface area contributed by atoms with Crippen molar-refractivity contribution in [3.63, 3.8) is 0 Å². The minimum absolute atomic E-state index is 0.0552. The summed E-state index contributed by atoms with van der Waals surface area (Å²) in [4.78, 5) is 11.6. The third kappa shape index (κ3) is 8.51. The molecule has 120 valence electrons. The molecule has 5 heteroatoms. The first-order valence-electron chi connectivity index (χ1n) is 7.41. The van der Waals surface area contributed by atoms with Gasteiger partial charge in [-0.3, -0.25) is 4.79 Å². The van der Waals surface area contributed by atoms with Crippen LogP contribution < -0.4 is 11.1 Å². The number of carbonyl (C=O) groups is 1. The summed E-state index contributed by atoms with van der Waals surface area (Å²) in [6.45, 7) is 13.7. The van der Waals surface area contributed by atoms with Gasteiger partial charge in [0.2, 0.25) is 5.91 Å². The van der Waals surface area contributed by atoms with Gasteiger partial charge in [0.05, 0.1) is 30.5 Å². The van der Waals surface area contributed by atoms with Gasteiger partial charge < -0.3 is 20.5 Å². The van der Waals surface area contributed by atoms with Gasteiger partial charge in [-0.25, -0.2) is 0 Å². The predicted octanol–water partition coefficient (Wildman–Crippen LogP) is 1.84. The van der Waals surface area contributed by atoms with Crippen molar-refractivity contribution in [2.75, 3.05) is 19.8 Å². The van der Waals surface area contributed by atoms with E-state index in [4.69, 9.17) is 15.2 Å². The second-order valence-electron chi connectivity index (χ2n) is 6.47. The maximum Gasteiger partial charge on any atom is 0.237 e. The fourth-order valence-corrected chi connectivity index (χ4v) is 1.89. The second-order valence-corrected chi connectivity index (χ2v) is 6.47. The highest BCUT2D eigenvalue weighted by atomic mass is 16.5. The summed E-state index contributed by atoms with van der Waals surface area (Å²) in [6, 6.07) is 0. The van der Waals surface area contributed by atoms with Crippen LogP contribution in [-0.4, -0.2) is 42.9 Å². The summed E-state index contributed by atoms with van der Waals surface area (Å²) in [6.07, 6.45) is 1.45. The molecular formula is C15H32N2O3. The average Bonchev–Trinajstić information content (AvgIpc) is 2.31. The van der Waals surface area contributed by atoms with E-state index in [9.17, 15) is 4.79 Å². The van der Waals surface area contributed by atoms with Crippen molar-refractivity contribution < 1.29 is 14.3 Å². The van der Waals surface area contributed by atoms with Gasteiger partial charge in [0.1, 0.15) is 0 Å². The van der Waals surface area contributed by atoms with Crippen molar-refractivity contribution in [1.82, 2.24) is 5.32 Å². The molecule has 0 aliphatic carbocycles. The fourth-order valence-electron chi connectivity index (χ4n) is 1.89. The van der Waals surface area contributed by atoms with Gasteiger partial charge >= 0.3 is 0 Å². The van der Waals surface area contributed by atoms with Crippen LogP contribution in [0.25, 0.3) is 0 Å². The van der Waals surface area contributed by atoms with Crippen LogP contribution in [0.5, 0.6) is 0 Å². The first-order valence-corrected chi connectivity index (χ1v) is 7.41. The monoisotopic (exact) mass is 288 g/mol. The Morgan fingerprint density at radius 2 is 1.85 bits per heavy atom. The highest BCUT2D eigenvalue weighted by Gasteiger charge is 2.32. The van der Waals surface area contributed by atoms with Crippen molar-refractivity contribution in [2.45, 2.75) is 71.6 Å².